The normalized spacial score (nSPS) is 11.1. The first-order valence-electron chi connectivity index (χ1n) is 7.05. The summed E-state index contributed by atoms with van der Waals surface area (Å²) in [4.78, 5) is 0. The maximum Gasteiger partial charge on any atom is 0.0486 e. The van der Waals surface area contributed by atoms with Crippen molar-refractivity contribution in [2.75, 3.05) is 7.05 Å². The molecule has 0 spiro atoms. The minimum absolute atomic E-state index is 0.904. The topological polar surface area (TPSA) is 17.0 Å². The molecule has 0 aliphatic carbocycles. The van der Waals surface area contributed by atoms with Crippen molar-refractivity contribution in [3.8, 4) is 0 Å². The number of nitrogens with zero attached hydrogens (tertiary/aromatic N) is 1. The van der Waals surface area contributed by atoms with Crippen LogP contribution in [0.1, 0.15) is 16.7 Å². The molecular formula is C18H20N2. The molecule has 0 bridgehead atoms. The molecule has 2 nitrogen and oxygen atoms in total. The highest BCUT2D eigenvalue weighted by Crippen LogP contribution is 2.22. The van der Waals surface area contributed by atoms with Crippen molar-refractivity contribution < 1.29 is 0 Å². The van der Waals surface area contributed by atoms with Gasteiger partial charge in [-0.1, -0.05) is 48.0 Å². The van der Waals surface area contributed by atoms with E-state index < -0.39 is 0 Å². The second kappa shape index (κ2) is 5.51. The highest BCUT2D eigenvalue weighted by atomic mass is 15.0. The summed E-state index contributed by atoms with van der Waals surface area (Å²) in [7, 11) is 1.99. The summed E-state index contributed by atoms with van der Waals surface area (Å²) in [6, 6.07) is 17.4. The van der Waals surface area contributed by atoms with E-state index in [-0.39, 0.29) is 0 Å². The molecule has 0 amide bonds. The van der Waals surface area contributed by atoms with Crippen LogP contribution in [0.4, 0.5) is 0 Å². The number of hydrogen-bond donors (Lipinski definition) is 1. The number of para-hydroxylation sites is 1. The van der Waals surface area contributed by atoms with Gasteiger partial charge in [0, 0.05) is 30.2 Å². The molecule has 0 saturated carbocycles. The van der Waals surface area contributed by atoms with Gasteiger partial charge in [0.1, 0.15) is 0 Å². The van der Waals surface area contributed by atoms with Crippen LogP contribution in [0.15, 0.2) is 54.7 Å². The fraction of sp³-hybridized carbons (Fsp3) is 0.222. The molecule has 3 rings (SSSR count). The summed E-state index contributed by atoms with van der Waals surface area (Å²) in [5.41, 5.74) is 5.31. The van der Waals surface area contributed by atoms with Gasteiger partial charge in [0.05, 0.1) is 0 Å². The quantitative estimate of drug-likeness (QED) is 0.760. The van der Waals surface area contributed by atoms with E-state index in [1.54, 1.807) is 0 Å². The van der Waals surface area contributed by atoms with Crippen molar-refractivity contribution >= 4 is 10.9 Å². The molecule has 0 aliphatic rings. The Morgan fingerprint density at radius 1 is 1.00 bits per heavy atom. The zero-order valence-electron chi connectivity index (χ0n) is 12.1. The largest absolute Gasteiger partial charge is 0.343 e. The van der Waals surface area contributed by atoms with Gasteiger partial charge in [0.15, 0.2) is 0 Å². The van der Waals surface area contributed by atoms with Crippen LogP contribution < -0.4 is 5.32 Å². The lowest BCUT2D eigenvalue weighted by Crippen LogP contribution is -2.04. The summed E-state index contributed by atoms with van der Waals surface area (Å²) in [5, 5.41) is 4.59. The molecular weight excluding hydrogens is 244 g/mol. The van der Waals surface area contributed by atoms with E-state index in [4.69, 9.17) is 0 Å². The lowest BCUT2D eigenvalue weighted by Gasteiger charge is -2.06. The van der Waals surface area contributed by atoms with Crippen molar-refractivity contribution in [1.82, 2.24) is 9.88 Å². The molecule has 1 heterocycles. The first-order valence-corrected chi connectivity index (χ1v) is 7.05. The van der Waals surface area contributed by atoms with Crippen molar-refractivity contribution in [3.05, 3.63) is 71.4 Å². The fourth-order valence-electron chi connectivity index (χ4n) is 2.68. The zero-order chi connectivity index (χ0) is 13.9. The van der Waals surface area contributed by atoms with Gasteiger partial charge >= 0.3 is 0 Å². The molecule has 1 aromatic heterocycles. The molecule has 0 fully saturated rings. The lowest BCUT2D eigenvalue weighted by molar-refractivity contribution is 0.795. The van der Waals surface area contributed by atoms with Crippen LogP contribution in [0.2, 0.25) is 0 Å². The standard InChI is InChI=1S/C18H20N2/c1-14-7-9-15(10-8-14)12-20-13-16(11-19-2)17-5-3-4-6-18(17)20/h3-10,13,19H,11-12H2,1-2H3. The summed E-state index contributed by atoms with van der Waals surface area (Å²) < 4.78 is 2.34. The van der Waals surface area contributed by atoms with E-state index in [2.05, 4.69) is 71.5 Å². The average Bonchev–Trinajstić information content (AvgIpc) is 2.81. The van der Waals surface area contributed by atoms with Crippen molar-refractivity contribution in [3.63, 3.8) is 0 Å². The summed E-state index contributed by atoms with van der Waals surface area (Å²) in [6.07, 6.45) is 2.26. The Morgan fingerprint density at radius 3 is 2.50 bits per heavy atom. The number of aromatic nitrogens is 1. The van der Waals surface area contributed by atoms with E-state index >= 15 is 0 Å². The molecule has 20 heavy (non-hydrogen) atoms. The monoisotopic (exact) mass is 264 g/mol. The van der Waals surface area contributed by atoms with Gasteiger partial charge in [-0.25, -0.2) is 0 Å². The van der Waals surface area contributed by atoms with Crippen molar-refractivity contribution in [2.45, 2.75) is 20.0 Å². The molecule has 0 aliphatic heterocycles. The van der Waals surface area contributed by atoms with Crippen LogP contribution in [0.5, 0.6) is 0 Å². The third-order valence-electron chi connectivity index (χ3n) is 3.71. The van der Waals surface area contributed by atoms with Gasteiger partial charge in [-0.15, -0.1) is 0 Å². The number of nitrogens with one attached hydrogen (secondary N) is 1. The van der Waals surface area contributed by atoms with Gasteiger partial charge in [-0.2, -0.15) is 0 Å². The highest BCUT2D eigenvalue weighted by Gasteiger charge is 2.07. The number of benzene rings is 2. The number of aryl methyl sites for hydroxylation is 1. The van der Waals surface area contributed by atoms with Gasteiger partial charge in [0.2, 0.25) is 0 Å². The van der Waals surface area contributed by atoms with Crippen LogP contribution >= 0.6 is 0 Å². The number of fused-ring (bicyclic) bond motifs is 1. The Labute approximate surface area is 120 Å². The van der Waals surface area contributed by atoms with E-state index in [9.17, 15) is 0 Å². The average molecular weight is 264 g/mol. The molecule has 0 unspecified atom stereocenters. The summed E-state index contributed by atoms with van der Waals surface area (Å²) >= 11 is 0. The van der Waals surface area contributed by atoms with Crippen LogP contribution in [0.25, 0.3) is 10.9 Å². The smallest absolute Gasteiger partial charge is 0.0486 e. The maximum atomic E-state index is 3.25. The minimum Gasteiger partial charge on any atom is -0.343 e. The van der Waals surface area contributed by atoms with Crippen LogP contribution in [-0.2, 0) is 13.1 Å². The predicted octanol–water partition coefficient (Wildman–Crippen LogP) is 3.72. The Bertz CT molecular complexity index is 708. The number of rotatable bonds is 4. The van der Waals surface area contributed by atoms with E-state index in [0.29, 0.717) is 0 Å². The zero-order valence-corrected chi connectivity index (χ0v) is 12.1. The van der Waals surface area contributed by atoms with Crippen molar-refractivity contribution in [1.29, 1.82) is 0 Å². The third-order valence-corrected chi connectivity index (χ3v) is 3.71. The first-order chi connectivity index (χ1) is 9.78. The molecule has 0 atom stereocenters. The second-order valence-electron chi connectivity index (χ2n) is 5.32. The molecule has 2 heteroatoms. The molecule has 3 aromatic rings. The molecule has 102 valence electrons. The predicted molar refractivity (Wildman–Crippen MR) is 85.0 cm³/mol. The maximum absolute atomic E-state index is 3.25. The Kier molecular flexibility index (Phi) is 3.57. The van der Waals surface area contributed by atoms with Gasteiger partial charge in [-0.3, -0.25) is 0 Å². The molecule has 2 aromatic carbocycles. The van der Waals surface area contributed by atoms with Gasteiger partial charge < -0.3 is 9.88 Å². The lowest BCUT2D eigenvalue weighted by atomic mass is 10.1. The van der Waals surface area contributed by atoms with Crippen LogP contribution in [0.3, 0.4) is 0 Å². The summed E-state index contributed by atoms with van der Waals surface area (Å²) in [5.74, 6) is 0. The van der Waals surface area contributed by atoms with E-state index in [0.717, 1.165) is 13.1 Å². The van der Waals surface area contributed by atoms with Crippen molar-refractivity contribution in [2.24, 2.45) is 0 Å². The first kappa shape index (κ1) is 12.9. The Balaban J connectivity index is 2.00. The van der Waals surface area contributed by atoms with Gasteiger partial charge in [0.25, 0.3) is 0 Å². The van der Waals surface area contributed by atoms with Gasteiger partial charge in [-0.05, 0) is 31.2 Å². The van der Waals surface area contributed by atoms with Crippen LogP contribution in [-0.4, -0.2) is 11.6 Å². The van der Waals surface area contributed by atoms with E-state index in [1.165, 1.54) is 27.6 Å². The molecule has 0 saturated heterocycles. The molecule has 1 N–H and O–H groups in total. The summed E-state index contributed by atoms with van der Waals surface area (Å²) in [6.45, 7) is 3.95. The minimum atomic E-state index is 0.904. The van der Waals surface area contributed by atoms with E-state index in [1.807, 2.05) is 7.05 Å². The molecule has 0 radical (unpaired) electrons. The highest BCUT2D eigenvalue weighted by molar-refractivity contribution is 5.84. The Hall–Kier alpha value is -2.06. The SMILES string of the molecule is CNCc1cn(Cc2ccc(C)cc2)c2ccccc12. The third kappa shape index (κ3) is 2.47. The number of hydrogen-bond acceptors (Lipinski definition) is 1. The fourth-order valence-corrected chi connectivity index (χ4v) is 2.68. The second-order valence-corrected chi connectivity index (χ2v) is 5.32. The Morgan fingerprint density at radius 2 is 1.75 bits per heavy atom. The van der Waals surface area contributed by atoms with Crippen LogP contribution in [0, 0.1) is 6.92 Å².